The molecule has 28 heavy (non-hydrogen) atoms. The molecule has 2 aliphatic heterocycles. The van der Waals surface area contributed by atoms with Gasteiger partial charge in [-0.3, -0.25) is 9.48 Å². The maximum Gasteiger partial charge on any atom is 0.254 e. The zero-order valence-corrected chi connectivity index (χ0v) is 16.8. The Kier molecular flexibility index (Phi) is 4.21. The van der Waals surface area contributed by atoms with Gasteiger partial charge < -0.3 is 9.42 Å². The molecule has 1 amide bonds. The summed E-state index contributed by atoms with van der Waals surface area (Å²) in [6, 6.07) is 5.03. The molecule has 144 valence electrons. The highest BCUT2D eigenvalue weighted by Crippen LogP contribution is 2.36. The lowest BCUT2D eigenvalue weighted by atomic mass is 9.96. The zero-order chi connectivity index (χ0) is 19.4. The summed E-state index contributed by atoms with van der Waals surface area (Å²) >= 11 is 12.1. The van der Waals surface area contributed by atoms with Crippen molar-refractivity contribution in [1.29, 1.82) is 0 Å². The van der Waals surface area contributed by atoms with Crippen LogP contribution in [-0.4, -0.2) is 31.8 Å². The smallest absolute Gasteiger partial charge is 0.254 e. The quantitative estimate of drug-likeness (QED) is 0.590. The molecule has 0 fully saturated rings. The van der Waals surface area contributed by atoms with E-state index in [1.807, 2.05) is 16.5 Å². The predicted octanol–water partition coefficient (Wildman–Crippen LogP) is 4.38. The van der Waals surface area contributed by atoms with Crippen LogP contribution in [-0.2, 0) is 25.9 Å². The lowest BCUT2D eigenvalue weighted by Gasteiger charge is -2.33. The van der Waals surface area contributed by atoms with E-state index in [-0.39, 0.29) is 11.9 Å². The maximum absolute atomic E-state index is 13.2. The first-order chi connectivity index (χ1) is 13.5. The molecule has 5 rings (SSSR count). The van der Waals surface area contributed by atoms with Crippen molar-refractivity contribution in [1.82, 2.24) is 19.8 Å². The van der Waals surface area contributed by atoms with E-state index >= 15 is 0 Å². The Morgan fingerprint density at radius 1 is 1.29 bits per heavy atom. The molecule has 8 heteroatoms. The van der Waals surface area contributed by atoms with Gasteiger partial charge in [0.15, 0.2) is 0 Å². The van der Waals surface area contributed by atoms with E-state index in [4.69, 9.17) is 32.8 Å². The van der Waals surface area contributed by atoms with Crippen LogP contribution in [0.2, 0.25) is 10.0 Å². The average Bonchev–Trinajstić information content (AvgIpc) is 3.22. The number of halogens is 2. The van der Waals surface area contributed by atoms with E-state index in [0.29, 0.717) is 28.6 Å². The lowest BCUT2D eigenvalue weighted by molar-refractivity contribution is 0.0658. The SMILES string of the molecule is C[C@@H]1Cc2nn3c(c2CN1C(=O)c1ccc(Cl)c(Cl)c1)-c1nocc1CCC3. The third-order valence-electron chi connectivity index (χ3n) is 5.59. The fraction of sp³-hybridized carbons (Fsp3) is 0.350. The summed E-state index contributed by atoms with van der Waals surface area (Å²) in [6.07, 6.45) is 4.33. The van der Waals surface area contributed by atoms with Crippen LogP contribution in [0, 0.1) is 0 Å². The molecule has 2 aliphatic rings. The molecule has 6 nitrogen and oxygen atoms in total. The van der Waals surface area contributed by atoms with Gasteiger partial charge in [-0.2, -0.15) is 5.10 Å². The van der Waals surface area contributed by atoms with Crippen LogP contribution in [0.3, 0.4) is 0 Å². The van der Waals surface area contributed by atoms with Crippen molar-refractivity contribution in [3.8, 4) is 11.4 Å². The molecule has 0 spiro atoms. The van der Waals surface area contributed by atoms with E-state index < -0.39 is 0 Å². The summed E-state index contributed by atoms with van der Waals surface area (Å²) in [7, 11) is 0. The van der Waals surface area contributed by atoms with Crippen molar-refractivity contribution in [3.63, 3.8) is 0 Å². The Bertz CT molecular complexity index is 1090. The first kappa shape index (κ1) is 17.8. The Morgan fingerprint density at radius 2 is 2.14 bits per heavy atom. The van der Waals surface area contributed by atoms with E-state index in [9.17, 15) is 4.79 Å². The number of benzene rings is 1. The van der Waals surface area contributed by atoms with E-state index in [1.165, 1.54) is 0 Å². The number of hydrogen-bond donors (Lipinski definition) is 0. The van der Waals surface area contributed by atoms with Crippen molar-refractivity contribution in [2.45, 2.75) is 45.3 Å². The number of carbonyl (C=O) groups is 1. The van der Waals surface area contributed by atoms with Gasteiger partial charge in [-0.1, -0.05) is 28.4 Å². The molecule has 0 saturated heterocycles. The van der Waals surface area contributed by atoms with Crippen molar-refractivity contribution in [2.75, 3.05) is 0 Å². The molecular formula is C20H18Cl2N4O2. The van der Waals surface area contributed by atoms with Crippen molar-refractivity contribution in [3.05, 3.63) is 56.9 Å². The lowest BCUT2D eigenvalue weighted by Crippen LogP contribution is -2.42. The van der Waals surface area contributed by atoms with Crippen molar-refractivity contribution < 1.29 is 9.32 Å². The van der Waals surface area contributed by atoms with Crippen molar-refractivity contribution in [2.24, 2.45) is 0 Å². The third kappa shape index (κ3) is 2.74. The van der Waals surface area contributed by atoms with Gasteiger partial charge in [-0.25, -0.2) is 0 Å². The summed E-state index contributed by atoms with van der Waals surface area (Å²) in [6.45, 7) is 3.37. The minimum atomic E-state index is -0.0642. The molecular weight excluding hydrogens is 399 g/mol. The summed E-state index contributed by atoms with van der Waals surface area (Å²) in [5.41, 5.74) is 5.56. The van der Waals surface area contributed by atoms with E-state index in [2.05, 4.69) is 5.16 Å². The largest absolute Gasteiger partial charge is 0.364 e. The molecule has 0 bridgehead atoms. The van der Waals surface area contributed by atoms with Gasteiger partial charge >= 0.3 is 0 Å². The van der Waals surface area contributed by atoms with Crippen LogP contribution in [0.25, 0.3) is 11.4 Å². The highest BCUT2D eigenvalue weighted by Gasteiger charge is 2.34. The zero-order valence-electron chi connectivity index (χ0n) is 15.3. The minimum absolute atomic E-state index is 0.0328. The Morgan fingerprint density at radius 3 is 2.96 bits per heavy atom. The number of fused-ring (bicyclic) bond motifs is 5. The number of aromatic nitrogens is 3. The molecule has 0 aliphatic carbocycles. The number of hydrogen-bond acceptors (Lipinski definition) is 4. The second-order valence-electron chi connectivity index (χ2n) is 7.40. The number of aryl methyl sites for hydroxylation is 2. The molecule has 4 heterocycles. The summed E-state index contributed by atoms with van der Waals surface area (Å²) in [5, 5.41) is 9.88. The number of amides is 1. The van der Waals surface area contributed by atoms with Gasteiger partial charge in [-0.05, 0) is 38.0 Å². The molecule has 2 aromatic heterocycles. The summed E-state index contributed by atoms with van der Waals surface area (Å²) in [5.74, 6) is -0.0642. The first-order valence-corrected chi connectivity index (χ1v) is 10.1. The minimum Gasteiger partial charge on any atom is -0.364 e. The monoisotopic (exact) mass is 416 g/mol. The fourth-order valence-electron chi connectivity index (χ4n) is 4.14. The molecule has 3 aromatic rings. The number of rotatable bonds is 1. The summed E-state index contributed by atoms with van der Waals surface area (Å²) < 4.78 is 7.26. The van der Waals surface area contributed by atoms with Crippen LogP contribution >= 0.6 is 23.2 Å². The Hall–Kier alpha value is -2.31. The Balaban J connectivity index is 1.55. The number of nitrogens with zero attached hydrogens (tertiary/aromatic N) is 4. The van der Waals surface area contributed by atoms with Crippen LogP contribution in [0.15, 0.2) is 29.0 Å². The second kappa shape index (κ2) is 6.64. The highest BCUT2D eigenvalue weighted by molar-refractivity contribution is 6.42. The van der Waals surface area contributed by atoms with Gasteiger partial charge in [0.05, 0.1) is 28.0 Å². The molecule has 0 unspecified atom stereocenters. The van der Waals surface area contributed by atoms with Crippen LogP contribution in [0.5, 0.6) is 0 Å². The highest BCUT2D eigenvalue weighted by atomic mass is 35.5. The van der Waals surface area contributed by atoms with Crippen LogP contribution in [0.4, 0.5) is 0 Å². The standard InChI is InChI=1S/C20H18Cl2N4O2/c1-11-7-17-14(9-25(11)20(27)12-4-5-15(21)16(22)8-12)19-18-13(10-28-24-18)3-2-6-26(19)23-17/h4-5,8,10-11H,2-3,6-7,9H2,1H3/t11-/m1/s1. The molecule has 0 radical (unpaired) electrons. The molecule has 1 atom stereocenters. The molecule has 1 aromatic carbocycles. The normalized spacial score (nSPS) is 18.2. The fourth-order valence-corrected chi connectivity index (χ4v) is 4.44. The Labute approximate surface area is 172 Å². The van der Waals surface area contributed by atoms with Crippen molar-refractivity contribution >= 4 is 29.1 Å². The number of carbonyl (C=O) groups excluding carboxylic acids is 1. The molecule has 0 N–H and O–H groups in total. The predicted molar refractivity (Wildman–Crippen MR) is 106 cm³/mol. The van der Waals surface area contributed by atoms with Crippen LogP contribution in [0.1, 0.15) is 40.5 Å². The van der Waals surface area contributed by atoms with Gasteiger partial charge in [0, 0.05) is 35.7 Å². The van der Waals surface area contributed by atoms with Gasteiger partial charge in [0.2, 0.25) is 0 Å². The first-order valence-electron chi connectivity index (χ1n) is 9.31. The second-order valence-corrected chi connectivity index (χ2v) is 8.22. The topological polar surface area (TPSA) is 64.2 Å². The van der Waals surface area contributed by atoms with Gasteiger partial charge in [0.25, 0.3) is 5.91 Å². The van der Waals surface area contributed by atoms with E-state index in [0.717, 1.165) is 47.6 Å². The average molecular weight is 417 g/mol. The molecule has 0 saturated carbocycles. The van der Waals surface area contributed by atoms with Gasteiger partial charge in [0.1, 0.15) is 12.0 Å². The third-order valence-corrected chi connectivity index (χ3v) is 6.33. The summed E-state index contributed by atoms with van der Waals surface area (Å²) in [4.78, 5) is 15.1. The maximum atomic E-state index is 13.2. The van der Waals surface area contributed by atoms with Gasteiger partial charge in [-0.15, -0.1) is 0 Å². The van der Waals surface area contributed by atoms with Crippen LogP contribution < -0.4 is 0 Å². The van der Waals surface area contributed by atoms with E-state index in [1.54, 1.807) is 24.5 Å².